The predicted octanol–water partition coefficient (Wildman–Crippen LogP) is 4.97. The molecule has 0 aromatic heterocycles. The second-order valence-electron chi connectivity index (χ2n) is 8.95. The van der Waals surface area contributed by atoms with Crippen LogP contribution in [0, 0.1) is 10.8 Å². The van der Waals surface area contributed by atoms with Gasteiger partial charge in [-0.2, -0.15) is 0 Å². The highest BCUT2D eigenvalue weighted by molar-refractivity contribution is 5.89. The fraction of sp³-hybridized carbons (Fsp3) is 0.259. The summed E-state index contributed by atoms with van der Waals surface area (Å²) in [5, 5.41) is 11.8. The second kappa shape index (κ2) is 11.3. The van der Waals surface area contributed by atoms with Crippen LogP contribution >= 0.6 is 0 Å². The Kier molecular flexibility index (Phi) is 7.72. The van der Waals surface area contributed by atoms with Crippen molar-refractivity contribution >= 4 is 35.9 Å². The molecule has 2 aromatic carbocycles. The number of urea groups is 2. The molecule has 35 heavy (non-hydrogen) atoms. The second-order valence-corrected chi connectivity index (χ2v) is 8.95. The first-order chi connectivity index (χ1) is 17.1. The van der Waals surface area contributed by atoms with Gasteiger partial charge < -0.3 is 21.3 Å². The largest absolute Gasteiger partial charge is 0.337 e. The van der Waals surface area contributed by atoms with Gasteiger partial charge in [0.1, 0.15) is 0 Å². The Morgan fingerprint density at radius 1 is 0.686 bits per heavy atom. The van der Waals surface area contributed by atoms with E-state index in [2.05, 4.69) is 43.4 Å². The van der Waals surface area contributed by atoms with Crippen molar-refractivity contribution in [3.05, 3.63) is 85.2 Å². The number of nitrogens with one attached hydrogen (secondary N) is 4. The molecule has 0 saturated heterocycles. The van der Waals surface area contributed by atoms with Gasteiger partial charge in [-0.1, -0.05) is 48.6 Å². The molecule has 4 rings (SSSR count). The lowest BCUT2D eigenvalue weighted by Crippen LogP contribution is -2.46. The summed E-state index contributed by atoms with van der Waals surface area (Å²) in [5.41, 5.74) is 0.749. The van der Waals surface area contributed by atoms with E-state index in [1.165, 1.54) is 0 Å². The van der Waals surface area contributed by atoms with Crippen molar-refractivity contribution in [1.82, 2.24) is 10.6 Å². The van der Waals surface area contributed by atoms with Crippen LogP contribution in [0.5, 0.6) is 0 Å². The number of nitrogens with zero attached hydrogens (tertiary/aromatic N) is 2. The number of benzene rings is 2. The number of amides is 4. The molecule has 4 amide bonds. The number of hydrogen-bond donors (Lipinski definition) is 4. The molecule has 8 heteroatoms. The maximum atomic E-state index is 12.6. The molecule has 2 aliphatic rings. The smallest absolute Gasteiger partial charge is 0.319 e. The third-order valence-electron chi connectivity index (χ3n) is 6.20. The fourth-order valence-corrected chi connectivity index (χ4v) is 4.39. The Morgan fingerprint density at radius 3 is 1.49 bits per heavy atom. The summed E-state index contributed by atoms with van der Waals surface area (Å²) < 4.78 is 0. The summed E-state index contributed by atoms with van der Waals surface area (Å²) in [5.74, 6) is 0. The normalized spacial score (nSPS) is 22.4. The molecule has 8 nitrogen and oxygen atoms in total. The average Bonchev–Trinajstić information content (AvgIpc) is 2.89. The summed E-state index contributed by atoms with van der Waals surface area (Å²) in [6.07, 6.45) is 13.5. The monoisotopic (exact) mass is 470 g/mol. The van der Waals surface area contributed by atoms with Crippen LogP contribution in [0.25, 0.3) is 0 Å². The van der Waals surface area contributed by atoms with Crippen molar-refractivity contribution in [1.29, 1.82) is 0 Å². The zero-order valence-corrected chi connectivity index (χ0v) is 19.5. The fourth-order valence-electron chi connectivity index (χ4n) is 4.39. The standard InChI is InChI=1S/C27H30N6O2/c34-24(32-22-7-3-1-4-8-22)30-20-26(11-15-28-16-12-26)19-27(13-17-29-18-14-27)21-31-25(35)33-23-9-5-2-6-10-23/h1-11,13,15-18H,12,14,19-21H2,(H2,30,32,34)(H2,31,33,35). The van der Waals surface area contributed by atoms with Crippen LogP contribution < -0.4 is 21.3 Å². The van der Waals surface area contributed by atoms with E-state index >= 15 is 0 Å². The molecule has 0 fully saturated rings. The van der Waals surface area contributed by atoms with Crippen molar-refractivity contribution in [3.8, 4) is 0 Å². The highest BCUT2D eigenvalue weighted by atomic mass is 16.2. The van der Waals surface area contributed by atoms with Crippen molar-refractivity contribution < 1.29 is 9.59 Å². The molecule has 0 spiro atoms. The first-order valence-corrected chi connectivity index (χ1v) is 11.7. The van der Waals surface area contributed by atoms with Gasteiger partial charge in [0.25, 0.3) is 0 Å². The first-order valence-electron chi connectivity index (χ1n) is 11.7. The molecule has 2 unspecified atom stereocenters. The number of carbonyl (C=O) groups excluding carboxylic acids is 2. The van der Waals surface area contributed by atoms with Gasteiger partial charge in [-0.05, 0) is 43.5 Å². The highest BCUT2D eigenvalue weighted by Gasteiger charge is 2.39. The molecule has 0 aliphatic carbocycles. The molecule has 0 bridgehead atoms. The van der Waals surface area contributed by atoms with Gasteiger partial charge in [-0.3, -0.25) is 9.98 Å². The Bertz CT molecular complexity index is 1040. The Labute approximate surface area is 205 Å². The van der Waals surface area contributed by atoms with E-state index < -0.39 is 0 Å². The van der Waals surface area contributed by atoms with E-state index in [4.69, 9.17) is 0 Å². The Hall–Kier alpha value is -4.20. The molecule has 0 radical (unpaired) electrons. The minimum Gasteiger partial charge on any atom is -0.337 e. The van der Waals surface area contributed by atoms with Crippen LogP contribution in [-0.2, 0) is 0 Å². The lowest BCUT2D eigenvalue weighted by Gasteiger charge is -2.41. The van der Waals surface area contributed by atoms with E-state index in [1.807, 2.05) is 73.1 Å². The van der Waals surface area contributed by atoms with Crippen LogP contribution in [0.3, 0.4) is 0 Å². The summed E-state index contributed by atoms with van der Waals surface area (Å²) in [4.78, 5) is 33.6. The van der Waals surface area contributed by atoms with Crippen LogP contribution in [0.2, 0.25) is 0 Å². The molecule has 2 atom stereocenters. The molecular weight excluding hydrogens is 440 g/mol. The summed E-state index contributed by atoms with van der Waals surface area (Å²) >= 11 is 0. The van der Waals surface area contributed by atoms with Crippen LogP contribution in [0.1, 0.15) is 19.3 Å². The minimum atomic E-state index is -0.358. The number of para-hydroxylation sites is 2. The lowest BCUT2D eigenvalue weighted by atomic mass is 9.67. The summed E-state index contributed by atoms with van der Waals surface area (Å²) in [6, 6.07) is 18.1. The Balaban J connectivity index is 1.42. The van der Waals surface area contributed by atoms with Crippen LogP contribution in [0.15, 0.2) is 95.2 Å². The molecule has 2 heterocycles. The molecule has 180 valence electrons. The van der Waals surface area contributed by atoms with E-state index in [-0.39, 0.29) is 22.9 Å². The van der Waals surface area contributed by atoms with Gasteiger partial charge in [0.15, 0.2) is 0 Å². The van der Waals surface area contributed by atoms with Crippen LogP contribution in [-0.4, -0.2) is 37.6 Å². The molecule has 2 aliphatic heterocycles. The quantitative estimate of drug-likeness (QED) is 0.437. The third-order valence-corrected chi connectivity index (χ3v) is 6.20. The predicted molar refractivity (Wildman–Crippen MR) is 141 cm³/mol. The molecular formula is C27H30N6O2. The Morgan fingerprint density at radius 2 is 1.11 bits per heavy atom. The number of anilines is 2. The molecule has 0 saturated carbocycles. The maximum Gasteiger partial charge on any atom is 0.319 e. The van der Waals surface area contributed by atoms with Gasteiger partial charge >= 0.3 is 12.1 Å². The average molecular weight is 471 g/mol. The van der Waals surface area contributed by atoms with E-state index in [9.17, 15) is 9.59 Å². The van der Waals surface area contributed by atoms with Crippen LogP contribution in [0.4, 0.5) is 21.0 Å². The summed E-state index contributed by atoms with van der Waals surface area (Å²) in [6.45, 7) is 0.855. The molecule has 4 N–H and O–H groups in total. The van der Waals surface area contributed by atoms with E-state index in [0.29, 0.717) is 32.4 Å². The highest BCUT2D eigenvalue weighted by Crippen LogP contribution is 2.42. The molecule has 2 aromatic rings. The van der Waals surface area contributed by atoms with E-state index in [0.717, 1.165) is 11.4 Å². The van der Waals surface area contributed by atoms with Crippen molar-refractivity contribution in [2.45, 2.75) is 19.3 Å². The first kappa shape index (κ1) is 23.9. The van der Waals surface area contributed by atoms with Gasteiger partial charge in [-0.15, -0.1) is 0 Å². The van der Waals surface area contributed by atoms with Crippen molar-refractivity contribution in [3.63, 3.8) is 0 Å². The van der Waals surface area contributed by atoms with Crippen molar-refractivity contribution in [2.75, 3.05) is 23.7 Å². The maximum absolute atomic E-state index is 12.6. The summed E-state index contributed by atoms with van der Waals surface area (Å²) in [7, 11) is 0. The van der Waals surface area contributed by atoms with Gasteiger partial charge in [0.2, 0.25) is 0 Å². The van der Waals surface area contributed by atoms with Gasteiger partial charge in [-0.25, -0.2) is 9.59 Å². The van der Waals surface area contributed by atoms with Gasteiger partial charge in [0, 0.05) is 60.1 Å². The zero-order chi connectivity index (χ0) is 24.4. The number of carbonyl (C=O) groups is 2. The lowest BCUT2D eigenvalue weighted by molar-refractivity contribution is 0.207. The SMILES string of the molecule is O=C(NCC1(CC2(CNC(=O)Nc3ccccc3)C=CN=CC2)C=CN=CC1)Nc1ccccc1. The van der Waals surface area contributed by atoms with Gasteiger partial charge in [0.05, 0.1) is 0 Å². The number of aliphatic imine (C=N–C) groups is 2. The number of hydrogen-bond acceptors (Lipinski definition) is 4. The third kappa shape index (κ3) is 6.89. The number of rotatable bonds is 8. The zero-order valence-electron chi connectivity index (χ0n) is 19.5. The van der Waals surface area contributed by atoms with E-state index in [1.54, 1.807) is 12.4 Å². The minimum absolute atomic E-state index is 0.262. The van der Waals surface area contributed by atoms with Crippen molar-refractivity contribution in [2.24, 2.45) is 20.8 Å². The topological polar surface area (TPSA) is 107 Å².